The lowest BCUT2D eigenvalue weighted by molar-refractivity contribution is -0.159. The van der Waals surface area contributed by atoms with Crippen molar-refractivity contribution < 1.29 is 29.0 Å². The van der Waals surface area contributed by atoms with Gasteiger partial charge < -0.3 is 19.9 Å². The first-order chi connectivity index (χ1) is 9.52. The standard InChI is InChI=1S/C12H16N2O6/c1-2-19-11-7(6-9(15)20-11)13-10(16)8-4-3-5-14(8)12(17)18/h6,8,11H,2-5H2,1H3,(H,13,16)(H,17,18)/t8-,11?/m1/s1. The third kappa shape index (κ3) is 2.90. The van der Waals surface area contributed by atoms with E-state index in [1.54, 1.807) is 6.92 Å². The minimum Gasteiger partial charge on any atom is -0.465 e. The summed E-state index contributed by atoms with van der Waals surface area (Å²) in [5.41, 5.74) is 0.207. The topological polar surface area (TPSA) is 105 Å². The van der Waals surface area contributed by atoms with Crippen molar-refractivity contribution in [3.05, 3.63) is 11.8 Å². The molecule has 2 aliphatic heterocycles. The van der Waals surface area contributed by atoms with Crippen molar-refractivity contribution in [1.82, 2.24) is 10.2 Å². The summed E-state index contributed by atoms with van der Waals surface area (Å²) in [5, 5.41) is 11.5. The number of carboxylic acid groups (broad SMARTS) is 1. The van der Waals surface area contributed by atoms with Crippen molar-refractivity contribution in [3.63, 3.8) is 0 Å². The third-order valence-corrected chi connectivity index (χ3v) is 3.14. The molecule has 0 aromatic rings. The molecule has 2 aliphatic rings. The van der Waals surface area contributed by atoms with E-state index in [0.29, 0.717) is 26.0 Å². The lowest BCUT2D eigenvalue weighted by atomic mass is 10.2. The van der Waals surface area contributed by atoms with Gasteiger partial charge in [0.05, 0.1) is 5.70 Å². The number of hydrogen-bond donors (Lipinski definition) is 2. The molecule has 2 N–H and O–H groups in total. The Morgan fingerprint density at radius 2 is 2.35 bits per heavy atom. The van der Waals surface area contributed by atoms with E-state index in [-0.39, 0.29) is 5.70 Å². The summed E-state index contributed by atoms with van der Waals surface area (Å²) >= 11 is 0. The quantitative estimate of drug-likeness (QED) is 0.707. The van der Waals surface area contributed by atoms with Crippen LogP contribution in [0.25, 0.3) is 0 Å². The number of amides is 2. The minimum absolute atomic E-state index is 0.207. The SMILES string of the molecule is CCOC1OC(=O)C=C1NC(=O)[C@H]1CCCN1C(=O)O. The molecule has 8 nitrogen and oxygen atoms in total. The number of rotatable bonds is 4. The predicted octanol–water partition coefficient (Wildman–Crippen LogP) is 0.0483. The number of ether oxygens (including phenoxy) is 2. The van der Waals surface area contributed by atoms with Crippen molar-refractivity contribution in [2.75, 3.05) is 13.2 Å². The average molecular weight is 284 g/mol. The van der Waals surface area contributed by atoms with Crippen LogP contribution in [0.2, 0.25) is 0 Å². The van der Waals surface area contributed by atoms with Crippen LogP contribution in [-0.4, -0.2) is 53.5 Å². The van der Waals surface area contributed by atoms with Crippen LogP contribution in [0.1, 0.15) is 19.8 Å². The highest BCUT2D eigenvalue weighted by Gasteiger charge is 2.36. The molecule has 1 unspecified atom stereocenters. The Hall–Kier alpha value is -2.09. The van der Waals surface area contributed by atoms with E-state index in [9.17, 15) is 14.4 Å². The van der Waals surface area contributed by atoms with E-state index in [4.69, 9.17) is 14.6 Å². The summed E-state index contributed by atoms with van der Waals surface area (Å²) in [6.45, 7) is 2.38. The molecule has 2 atom stereocenters. The maximum atomic E-state index is 12.1. The molecule has 0 aromatic heterocycles. The van der Waals surface area contributed by atoms with Crippen molar-refractivity contribution in [2.24, 2.45) is 0 Å². The number of carbonyl (C=O) groups is 3. The Morgan fingerprint density at radius 3 is 3.00 bits per heavy atom. The van der Waals surface area contributed by atoms with Crippen LogP contribution in [0.15, 0.2) is 11.8 Å². The van der Waals surface area contributed by atoms with Crippen molar-refractivity contribution in [2.45, 2.75) is 32.1 Å². The highest BCUT2D eigenvalue weighted by molar-refractivity contribution is 5.90. The second-order valence-corrected chi connectivity index (χ2v) is 4.45. The number of nitrogens with one attached hydrogen (secondary N) is 1. The summed E-state index contributed by atoms with van der Waals surface area (Å²) in [5.74, 6) is -1.07. The van der Waals surface area contributed by atoms with Gasteiger partial charge in [0.15, 0.2) is 0 Å². The zero-order chi connectivity index (χ0) is 14.7. The molecule has 110 valence electrons. The van der Waals surface area contributed by atoms with Gasteiger partial charge in [0, 0.05) is 19.2 Å². The largest absolute Gasteiger partial charge is 0.465 e. The number of likely N-dealkylation sites (tertiary alicyclic amines) is 1. The summed E-state index contributed by atoms with van der Waals surface area (Å²) in [4.78, 5) is 35.4. The number of nitrogens with zero attached hydrogens (tertiary/aromatic N) is 1. The Balaban J connectivity index is 2.02. The van der Waals surface area contributed by atoms with E-state index in [0.717, 1.165) is 11.0 Å². The number of cyclic esters (lactones) is 1. The van der Waals surface area contributed by atoms with Crippen LogP contribution in [-0.2, 0) is 19.1 Å². The summed E-state index contributed by atoms with van der Waals surface area (Å²) in [6.07, 6.45) is 0.166. The molecule has 0 bridgehead atoms. The van der Waals surface area contributed by atoms with Gasteiger partial charge in [-0.3, -0.25) is 9.69 Å². The Kier molecular flexibility index (Phi) is 4.23. The van der Waals surface area contributed by atoms with Gasteiger partial charge in [-0.25, -0.2) is 9.59 Å². The van der Waals surface area contributed by atoms with Crippen LogP contribution in [0, 0.1) is 0 Å². The van der Waals surface area contributed by atoms with Crippen molar-refractivity contribution in [3.8, 4) is 0 Å². The number of esters is 1. The van der Waals surface area contributed by atoms with Gasteiger partial charge in [0.2, 0.25) is 12.2 Å². The highest BCUT2D eigenvalue weighted by atomic mass is 16.7. The van der Waals surface area contributed by atoms with Crippen LogP contribution in [0.5, 0.6) is 0 Å². The van der Waals surface area contributed by atoms with Crippen LogP contribution in [0.4, 0.5) is 4.79 Å². The fourth-order valence-electron chi connectivity index (χ4n) is 2.26. The van der Waals surface area contributed by atoms with E-state index < -0.39 is 30.3 Å². The Labute approximate surface area is 115 Å². The highest BCUT2D eigenvalue weighted by Crippen LogP contribution is 2.20. The van der Waals surface area contributed by atoms with E-state index in [2.05, 4.69) is 5.32 Å². The minimum atomic E-state index is -1.13. The van der Waals surface area contributed by atoms with Gasteiger partial charge >= 0.3 is 12.1 Å². The smallest absolute Gasteiger partial charge is 0.407 e. The van der Waals surface area contributed by atoms with Crippen LogP contribution < -0.4 is 5.32 Å². The first-order valence-electron chi connectivity index (χ1n) is 6.37. The van der Waals surface area contributed by atoms with Crippen LogP contribution >= 0.6 is 0 Å². The van der Waals surface area contributed by atoms with Crippen molar-refractivity contribution in [1.29, 1.82) is 0 Å². The van der Waals surface area contributed by atoms with Gasteiger partial charge in [0.1, 0.15) is 6.04 Å². The zero-order valence-corrected chi connectivity index (χ0v) is 11.0. The number of hydrogen-bond acceptors (Lipinski definition) is 5. The number of carbonyl (C=O) groups excluding carboxylic acids is 2. The second kappa shape index (κ2) is 5.91. The summed E-state index contributed by atoms with van der Waals surface area (Å²) in [6, 6.07) is -0.744. The average Bonchev–Trinajstić information content (AvgIpc) is 2.97. The molecule has 8 heteroatoms. The van der Waals surface area contributed by atoms with Crippen molar-refractivity contribution >= 4 is 18.0 Å². The normalized spacial score (nSPS) is 25.4. The molecule has 2 amide bonds. The summed E-state index contributed by atoms with van der Waals surface area (Å²) < 4.78 is 10.0. The fourth-order valence-corrected chi connectivity index (χ4v) is 2.26. The molecule has 0 aliphatic carbocycles. The van der Waals surface area contributed by atoms with Gasteiger partial charge in [0.25, 0.3) is 0 Å². The Bertz CT molecular complexity index is 461. The van der Waals surface area contributed by atoms with Crippen LogP contribution in [0.3, 0.4) is 0 Å². The van der Waals surface area contributed by atoms with Gasteiger partial charge in [-0.15, -0.1) is 0 Å². The van der Waals surface area contributed by atoms with E-state index in [1.807, 2.05) is 0 Å². The molecule has 0 radical (unpaired) electrons. The van der Waals surface area contributed by atoms with Gasteiger partial charge in [-0.1, -0.05) is 0 Å². The first-order valence-corrected chi connectivity index (χ1v) is 6.37. The van der Waals surface area contributed by atoms with Gasteiger partial charge in [-0.2, -0.15) is 0 Å². The zero-order valence-electron chi connectivity index (χ0n) is 11.0. The second-order valence-electron chi connectivity index (χ2n) is 4.45. The third-order valence-electron chi connectivity index (χ3n) is 3.14. The molecule has 0 spiro atoms. The molecular weight excluding hydrogens is 268 g/mol. The van der Waals surface area contributed by atoms with E-state index in [1.165, 1.54) is 0 Å². The summed E-state index contributed by atoms with van der Waals surface area (Å²) in [7, 11) is 0. The lowest BCUT2D eigenvalue weighted by Crippen LogP contribution is -2.46. The maximum absolute atomic E-state index is 12.1. The molecule has 0 saturated carbocycles. The maximum Gasteiger partial charge on any atom is 0.407 e. The molecule has 20 heavy (non-hydrogen) atoms. The monoisotopic (exact) mass is 284 g/mol. The molecule has 0 aromatic carbocycles. The molecule has 2 heterocycles. The lowest BCUT2D eigenvalue weighted by Gasteiger charge is -2.22. The molecule has 2 rings (SSSR count). The Morgan fingerprint density at radius 1 is 1.60 bits per heavy atom. The molecular formula is C12H16N2O6. The molecule has 1 saturated heterocycles. The van der Waals surface area contributed by atoms with E-state index >= 15 is 0 Å². The van der Waals surface area contributed by atoms with Gasteiger partial charge in [-0.05, 0) is 19.8 Å². The predicted molar refractivity (Wildman–Crippen MR) is 65.5 cm³/mol. The first kappa shape index (κ1) is 14.3. The fraction of sp³-hybridized carbons (Fsp3) is 0.583. The molecule has 1 fully saturated rings.